The molecule has 2 aromatic heterocycles. The first kappa shape index (κ1) is 72.0. The van der Waals surface area contributed by atoms with Gasteiger partial charge in [-0.3, -0.25) is 0 Å². The highest BCUT2D eigenvalue weighted by Crippen LogP contribution is 2.42. The summed E-state index contributed by atoms with van der Waals surface area (Å²) < 4.78 is 5.63. The van der Waals surface area contributed by atoms with Crippen molar-refractivity contribution in [2.24, 2.45) is 0 Å². The van der Waals surface area contributed by atoms with Gasteiger partial charge in [0.1, 0.15) is 0 Å². The Morgan fingerprint density at radius 3 is 0.912 bits per heavy atom. The Morgan fingerprint density at radius 2 is 0.504 bits per heavy atom. The van der Waals surface area contributed by atoms with E-state index in [1.165, 1.54) is 105 Å². The fourth-order valence-electron chi connectivity index (χ4n) is 15.7. The van der Waals surface area contributed by atoms with E-state index in [-0.39, 0.29) is 7.43 Å². The van der Waals surface area contributed by atoms with Crippen molar-refractivity contribution in [3.8, 4) is 67.0 Å². The van der Waals surface area contributed by atoms with Gasteiger partial charge < -0.3 is 29.0 Å². The Hall–Kier alpha value is -13.9. The number of fused-ring (bicyclic) bond motifs is 8. The van der Waals surface area contributed by atoms with E-state index in [9.17, 15) is 10.0 Å². The molecule has 2 N–H and O–H groups in total. The first-order chi connectivity index (χ1) is 55.3. The minimum Gasteiger partial charge on any atom is -0.423 e. The Balaban J connectivity index is 0.000000134. The summed E-state index contributed by atoms with van der Waals surface area (Å²) in [5, 5.41) is 28.6. The van der Waals surface area contributed by atoms with Gasteiger partial charge in [-0.15, -0.1) is 0 Å². The lowest BCUT2D eigenvalue weighted by Gasteiger charge is -2.26. The van der Waals surface area contributed by atoms with Crippen molar-refractivity contribution >= 4 is 128 Å². The van der Waals surface area contributed by atoms with E-state index in [0.29, 0.717) is 5.46 Å². The molecule has 20 aromatic rings. The van der Waals surface area contributed by atoms with Gasteiger partial charge in [-0.1, -0.05) is 321 Å². The summed E-state index contributed by atoms with van der Waals surface area (Å²) in [6.07, 6.45) is 0. The summed E-state index contributed by atoms with van der Waals surface area (Å²) in [5.74, 6) is 0. The minimum absolute atomic E-state index is 0. The number of hydrogen-bond acceptors (Lipinski definition) is 4. The molecule has 0 fully saturated rings. The number of halogens is 1. The number of rotatable bonds is 14. The molecule has 0 radical (unpaired) electrons. The molecule has 0 saturated carbocycles. The van der Waals surface area contributed by atoms with Gasteiger partial charge in [0.25, 0.3) is 0 Å². The fraction of sp³-hybridized carbons (Fsp3) is 0.00952. The molecule has 0 aliphatic heterocycles. The first-order valence-corrected chi connectivity index (χ1v) is 38.6. The normalized spacial score (nSPS) is 11.1. The fourth-order valence-corrected chi connectivity index (χ4v) is 16.0. The lowest BCUT2D eigenvalue weighted by molar-refractivity contribution is 0.426. The van der Waals surface area contributed by atoms with Gasteiger partial charge in [-0.05, 0) is 222 Å². The van der Waals surface area contributed by atoms with Crippen LogP contribution in [0, 0.1) is 0 Å². The number of hydrogen-bond donors (Lipinski definition) is 2. The lowest BCUT2D eigenvalue weighted by Crippen LogP contribution is -2.29. The molecule has 2 heterocycles. The molecule has 540 valence electrons. The van der Waals surface area contributed by atoms with Crippen LogP contribution in [0.3, 0.4) is 0 Å². The van der Waals surface area contributed by atoms with E-state index in [1.807, 2.05) is 48.5 Å². The van der Waals surface area contributed by atoms with E-state index in [0.717, 1.165) is 66.1 Å². The van der Waals surface area contributed by atoms with Crippen molar-refractivity contribution in [3.63, 3.8) is 0 Å². The zero-order valence-corrected chi connectivity index (χ0v) is 62.8. The van der Waals surface area contributed by atoms with Crippen LogP contribution in [0.5, 0.6) is 0 Å². The molecule has 0 amide bonds. The van der Waals surface area contributed by atoms with Crippen LogP contribution < -0.4 is 15.3 Å². The SMILES string of the molecule is Brc1ccc(N(c2ccccc2)c2ccc(-c3ccc(-c4cccc5ccccc45)cc3)cc2)cc1.C.OB(O)c1ccc2c(c1)c1ccccc1n2-c1ccccc1.c1ccc(N(c2ccc(-c3ccc(-c4cccc5ccccc45)cc3)cc2)c2ccc(-c3ccc4c(c3)c3ccccc3n4-c3ccccc3)cc2)cc1. The lowest BCUT2D eigenvalue weighted by atomic mass is 9.80. The first-order valence-electron chi connectivity index (χ1n) is 37.8. The molecule has 0 atom stereocenters. The Bertz CT molecular complexity index is 6670. The second-order valence-electron chi connectivity index (χ2n) is 27.9. The van der Waals surface area contributed by atoms with Crippen LogP contribution in [0.4, 0.5) is 34.1 Å². The van der Waals surface area contributed by atoms with Gasteiger partial charge in [0, 0.05) is 71.5 Å². The molecule has 18 aromatic carbocycles. The standard InChI is InChI=1S/C52H36N2.C34H24BrN.C18H14BNO2.CH4/c1-3-14-43(15-4-1)53(45-31-26-38(27-32-45)37-22-24-41(25-23-37)48-20-11-13-40-12-7-8-18-47(40)48)46-33-28-39(29-34-46)42-30-35-52-50(36-42)49-19-9-10-21-51(49)54(52)44-16-5-2-6-17-44;35-29-19-23-32(24-20-29)36(30-9-2-1-3-10-30)31-21-17-26(18-22-31)25-13-15-28(16-14-25)34-12-6-8-27-7-4-5-11-33(27)34;21-19(22)13-10-11-18-16(12-13)15-8-4-5-9-17(15)20(18)14-6-2-1-3-7-14;/h1-36H;1-24H;1-12,21-22H;1H4. The van der Waals surface area contributed by atoms with Crippen LogP contribution in [0.2, 0.25) is 0 Å². The molecule has 20 rings (SSSR count). The van der Waals surface area contributed by atoms with Crippen molar-refractivity contribution in [1.82, 2.24) is 9.13 Å². The largest absolute Gasteiger partial charge is 0.488 e. The van der Waals surface area contributed by atoms with Gasteiger partial charge >= 0.3 is 7.12 Å². The summed E-state index contributed by atoms with van der Waals surface area (Å²) in [4.78, 5) is 4.60. The molecule has 0 saturated heterocycles. The molecule has 0 spiro atoms. The van der Waals surface area contributed by atoms with E-state index >= 15 is 0 Å². The summed E-state index contributed by atoms with van der Waals surface area (Å²) in [6, 6.07) is 154. The van der Waals surface area contributed by atoms with Gasteiger partial charge in [0.2, 0.25) is 0 Å². The van der Waals surface area contributed by atoms with Gasteiger partial charge in [0.05, 0.1) is 22.1 Å². The van der Waals surface area contributed by atoms with E-state index in [1.54, 1.807) is 6.07 Å². The van der Waals surface area contributed by atoms with Crippen LogP contribution in [-0.4, -0.2) is 26.3 Å². The van der Waals surface area contributed by atoms with Crippen molar-refractivity contribution in [2.45, 2.75) is 7.43 Å². The minimum atomic E-state index is -1.46. The average molecular weight is 1520 g/mol. The van der Waals surface area contributed by atoms with Crippen LogP contribution in [-0.2, 0) is 0 Å². The predicted molar refractivity (Wildman–Crippen MR) is 484 cm³/mol. The highest BCUT2D eigenvalue weighted by atomic mass is 79.9. The monoisotopic (exact) mass is 1520 g/mol. The summed E-state index contributed by atoms with van der Waals surface area (Å²) >= 11 is 3.56. The number of benzene rings is 18. The van der Waals surface area contributed by atoms with E-state index in [2.05, 4.69) is 417 Å². The van der Waals surface area contributed by atoms with Gasteiger partial charge in [0.15, 0.2) is 0 Å². The highest BCUT2D eigenvalue weighted by Gasteiger charge is 2.20. The topological polar surface area (TPSA) is 56.8 Å². The van der Waals surface area contributed by atoms with E-state index < -0.39 is 7.12 Å². The zero-order chi connectivity index (χ0) is 75.3. The third-order valence-electron chi connectivity index (χ3n) is 21.2. The van der Waals surface area contributed by atoms with Crippen LogP contribution in [0.25, 0.3) is 132 Å². The zero-order valence-electron chi connectivity index (χ0n) is 61.2. The maximum atomic E-state index is 9.43. The molecule has 0 aliphatic rings. The second kappa shape index (κ2) is 32.4. The van der Waals surface area contributed by atoms with Gasteiger partial charge in [-0.2, -0.15) is 0 Å². The Labute approximate surface area is 667 Å². The summed E-state index contributed by atoms with van der Waals surface area (Å²) in [7, 11) is -1.46. The van der Waals surface area contributed by atoms with Crippen molar-refractivity contribution in [1.29, 1.82) is 0 Å². The molecule has 0 aliphatic carbocycles. The van der Waals surface area contributed by atoms with Crippen molar-refractivity contribution < 1.29 is 10.0 Å². The smallest absolute Gasteiger partial charge is 0.423 e. The number of anilines is 6. The summed E-state index contributed by atoms with van der Waals surface area (Å²) in [5.41, 5.74) is 26.2. The van der Waals surface area contributed by atoms with Crippen molar-refractivity contribution in [3.05, 3.63) is 441 Å². The van der Waals surface area contributed by atoms with Crippen LogP contribution in [0.15, 0.2) is 441 Å². The Morgan fingerprint density at radius 1 is 0.221 bits per heavy atom. The molecular formula is C105H78BBrN4O2. The maximum Gasteiger partial charge on any atom is 0.488 e. The summed E-state index contributed by atoms with van der Waals surface area (Å²) in [6.45, 7) is 0. The molecule has 0 bridgehead atoms. The molecule has 113 heavy (non-hydrogen) atoms. The number of para-hydroxylation sites is 6. The van der Waals surface area contributed by atoms with Crippen LogP contribution in [0.1, 0.15) is 7.43 Å². The molecule has 6 nitrogen and oxygen atoms in total. The van der Waals surface area contributed by atoms with Gasteiger partial charge in [-0.25, -0.2) is 0 Å². The van der Waals surface area contributed by atoms with Crippen molar-refractivity contribution in [2.75, 3.05) is 9.80 Å². The highest BCUT2D eigenvalue weighted by molar-refractivity contribution is 9.10. The third kappa shape index (κ3) is 14.7. The molecular weight excluding hydrogens is 1440 g/mol. The third-order valence-corrected chi connectivity index (χ3v) is 21.7. The number of aromatic nitrogens is 2. The Kier molecular flexibility index (Phi) is 20.6. The second-order valence-corrected chi connectivity index (χ2v) is 28.8. The quantitative estimate of drug-likeness (QED) is 0.107. The molecule has 0 unspecified atom stereocenters. The molecule has 8 heteroatoms. The predicted octanol–water partition coefficient (Wildman–Crippen LogP) is 27.9. The maximum absolute atomic E-state index is 9.43. The van der Waals surface area contributed by atoms with E-state index in [4.69, 9.17) is 0 Å². The van der Waals surface area contributed by atoms with Crippen LogP contribution >= 0.6 is 15.9 Å². The average Bonchev–Trinajstić information content (AvgIpc) is 1.60. The number of nitrogens with zero attached hydrogens (tertiary/aromatic N) is 4.